The van der Waals surface area contributed by atoms with Gasteiger partial charge in [-0.3, -0.25) is 9.48 Å². The molecule has 2 aromatic rings. The smallest absolute Gasteiger partial charge is 0.241 e. The first kappa shape index (κ1) is 17.6. The van der Waals surface area contributed by atoms with Crippen LogP contribution in [0.1, 0.15) is 37.4 Å². The predicted molar refractivity (Wildman–Crippen MR) is 92.8 cm³/mol. The maximum atomic E-state index is 13.1. The van der Waals surface area contributed by atoms with Gasteiger partial charge in [0.05, 0.1) is 6.20 Å². The number of amides is 1. The van der Waals surface area contributed by atoms with Crippen molar-refractivity contribution in [2.75, 3.05) is 6.54 Å². The lowest BCUT2D eigenvalue weighted by molar-refractivity contribution is -0.133. The van der Waals surface area contributed by atoms with Crippen LogP contribution < -0.4 is 10.9 Å². The maximum absolute atomic E-state index is 13.1. The molecule has 3 rings (SSSR count). The van der Waals surface area contributed by atoms with E-state index < -0.39 is 0 Å². The highest BCUT2D eigenvalue weighted by Gasteiger charge is 2.32. The zero-order chi connectivity index (χ0) is 17.8. The highest BCUT2D eigenvalue weighted by atomic mass is 19.1. The van der Waals surface area contributed by atoms with E-state index in [-0.39, 0.29) is 23.8 Å². The predicted octanol–water partition coefficient (Wildman–Crippen LogP) is 2.00. The number of nitrogens with one attached hydrogen (secondary N) is 2. The van der Waals surface area contributed by atoms with E-state index in [1.807, 2.05) is 29.6 Å². The van der Waals surface area contributed by atoms with Crippen molar-refractivity contribution in [3.8, 4) is 0 Å². The first-order chi connectivity index (χ1) is 12.1. The van der Waals surface area contributed by atoms with Gasteiger partial charge in [0.1, 0.15) is 11.9 Å². The van der Waals surface area contributed by atoms with E-state index in [1.54, 1.807) is 18.3 Å². The quantitative estimate of drug-likeness (QED) is 0.841. The SMILES string of the molecule is CCN(Cc1cnn(CC)c1)C(=O)C1CC(c2ccc(F)cc2)NN1. The average molecular weight is 345 g/mol. The van der Waals surface area contributed by atoms with Crippen LogP contribution in [0.25, 0.3) is 0 Å². The number of aryl methyl sites for hydroxylation is 1. The van der Waals surface area contributed by atoms with Crippen molar-refractivity contribution < 1.29 is 9.18 Å². The number of rotatable bonds is 6. The average Bonchev–Trinajstić information content (AvgIpc) is 3.29. The molecular weight excluding hydrogens is 321 g/mol. The van der Waals surface area contributed by atoms with Gasteiger partial charge in [0.25, 0.3) is 0 Å². The van der Waals surface area contributed by atoms with Crippen molar-refractivity contribution in [2.24, 2.45) is 0 Å². The molecule has 2 heterocycles. The third-order valence-electron chi connectivity index (χ3n) is 4.55. The summed E-state index contributed by atoms with van der Waals surface area (Å²) in [6.07, 6.45) is 4.41. The Kier molecular flexibility index (Phi) is 5.45. The number of hydrogen-bond donors (Lipinski definition) is 2. The van der Waals surface area contributed by atoms with Crippen LogP contribution in [0.4, 0.5) is 4.39 Å². The molecule has 2 unspecified atom stereocenters. The number of carbonyl (C=O) groups excluding carboxylic acids is 1. The van der Waals surface area contributed by atoms with E-state index in [1.165, 1.54) is 12.1 Å². The van der Waals surface area contributed by atoms with Crippen molar-refractivity contribution in [3.63, 3.8) is 0 Å². The zero-order valence-corrected chi connectivity index (χ0v) is 14.6. The molecule has 0 spiro atoms. The van der Waals surface area contributed by atoms with E-state index in [2.05, 4.69) is 16.0 Å². The minimum absolute atomic E-state index is 0.00361. The molecule has 2 N–H and O–H groups in total. The van der Waals surface area contributed by atoms with Gasteiger partial charge in [-0.1, -0.05) is 12.1 Å². The summed E-state index contributed by atoms with van der Waals surface area (Å²) in [5, 5.41) is 4.26. The standard InChI is InChI=1S/C18H24FN5O/c1-3-23(11-13-10-20-24(4-2)12-13)18(25)17-9-16(21-22-17)14-5-7-15(19)8-6-14/h5-8,10,12,16-17,21-22H,3-4,9,11H2,1-2H3. The van der Waals surface area contributed by atoms with Gasteiger partial charge in [-0.15, -0.1) is 0 Å². The van der Waals surface area contributed by atoms with Crippen LogP contribution in [0.2, 0.25) is 0 Å². The largest absolute Gasteiger partial charge is 0.337 e. The molecule has 25 heavy (non-hydrogen) atoms. The number of hydrogen-bond acceptors (Lipinski definition) is 4. The summed E-state index contributed by atoms with van der Waals surface area (Å²) in [5.74, 6) is -0.198. The summed E-state index contributed by atoms with van der Waals surface area (Å²) in [6.45, 7) is 6.00. The molecule has 0 bridgehead atoms. The number of aromatic nitrogens is 2. The van der Waals surface area contributed by atoms with Gasteiger partial charge < -0.3 is 4.90 Å². The lowest BCUT2D eigenvalue weighted by atomic mass is 10.0. The molecule has 1 aliphatic rings. The van der Waals surface area contributed by atoms with Gasteiger partial charge in [-0.05, 0) is 38.0 Å². The van der Waals surface area contributed by atoms with Gasteiger partial charge in [0.15, 0.2) is 0 Å². The molecule has 1 aromatic heterocycles. The lowest BCUT2D eigenvalue weighted by Crippen LogP contribution is -2.45. The third kappa shape index (κ3) is 4.05. The Hall–Kier alpha value is -2.25. The molecule has 2 atom stereocenters. The number of halogens is 1. The van der Waals surface area contributed by atoms with Gasteiger partial charge >= 0.3 is 0 Å². The van der Waals surface area contributed by atoms with E-state index in [0.717, 1.165) is 17.7 Å². The monoisotopic (exact) mass is 345 g/mol. The Morgan fingerprint density at radius 1 is 1.32 bits per heavy atom. The van der Waals surface area contributed by atoms with E-state index >= 15 is 0 Å². The molecule has 7 heteroatoms. The Bertz CT molecular complexity index is 715. The maximum Gasteiger partial charge on any atom is 0.241 e. The van der Waals surface area contributed by atoms with Crippen LogP contribution in [0.5, 0.6) is 0 Å². The molecule has 1 amide bonds. The number of nitrogens with zero attached hydrogens (tertiary/aromatic N) is 3. The fourth-order valence-electron chi connectivity index (χ4n) is 3.08. The van der Waals surface area contributed by atoms with Gasteiger partial charge in [-0.25, -0.2) is 15.2 Å². The molecular formula is C18H24FN5O. The highest BCUT2D eigenvalue weighted by molar-refractivity contribution is 5.82. The molecule has 1 saturated heterocycles. The van der Waals surface area contributed by atoms with Crippen LogP contribution >= 0.6 is 0 Å². The highest BCUT2D eigenvalue weighted by Crippen LogP contribution is 2.23. The van der Waals surface area contributed by atoms with Crippen molar-refractivity contribution in [3.05, 3.63) is 53.6 Å². The Labute approximate surface area is 147 Å². The molecule has 1 aromatic carbocycles. The second kappa shape index (κ2) is 7.76. The van der Waals surface area contributed by atoms with E-state index in [4.69, 9.17) is 0 Å². The van der Waals surface area contributed by atoms with Gasteiger partial charge in [0.2, 0.25) is 5.91 Å². The lowest BCUT2D eigenvalue weighted by Gasteiger charge is -2.23. The zero-order valence-electron chi connectivity index (χ0n) is 14.6. The summed E-state index contributed by atoms with van der Waals surface area (Å²) >= 11 is 0. The summed E-state index contributed by atoms with van der Waals surface area (Å²) in [4.78, 5) is 14.6. The summed E-state index contributed by atoms with van der Waals surface area (Å²) in [7, 11) is 0. The fourth-order valence-corrected chi connectivity index (χ4v) is 3.08. The molecule has 134 valence electrons. The van der Waals surface area contributed by atoms with Crippen molar-refractivity contribution in [1.82, 2.24) is 25.5 Å². The Balaban J connectivity index is 1.62. The second-order valence-electron chi connectivity index (χ2n) is 6.24. The van der Waals surface area contributed by atoms with Crippen LogP contribution in [0.3, 0.4) is 0 Å². The fraction of sp³-hybridized carbons (Fsp3) is 0.444. The summed E-state index contributed by atoms with van der Waals surface area (Å²) < 4.78 is 14.9. The first-order valence-corrected chi connectivity index (χ1v) is 8.67. The van der Waals surface area contributed by atoms with Crippen LogP contribution in [-0.4, -0.2) is 33.2 Å². The normalized spacial score (nSPS) is 20.0. The molecule has 0 saturated carbocycles. The van der Waals surface area contributed by atoms with Crippen LogP contribution in [0, 0.1) is 5.82 Å². The second-order valence-corrected chi connectivity index (χ2v) is 6.24. The van der Waals surface area contributed by atoms with Crippen LogP contribution in [0.15, 0.2) is 36.7 Å². The topological polar surface area (TPSA) is 62.2 Å². The number of hydrazine groups is 1. The van der Waals surface area contributed by atoms with Crippen molar-refractivity contribution in [1.29, 1.82) is 0 Å². The Morgan fingerprint density at radius 3 is 2.72 bits per heavy atom. The number of carbonyl (C=O) groups is 1. The molecule has 6 nitrogen and oxygen atoms in total. The minimum Gasteiger partial charge on any atom is -0.337 e. The van der Waals surface area contributed by atoms with E-state index in [0.29, 0.717) is 19.5 Å². The Morgan fingerprint density at radius 2 is 2.08 bits per heavy atom. The van der Waals surface area contributed by atoms with Gasteiger partial charge in [0, 0.05) is 37.4 Å². The molecule has 1 aliphatic heterocycles. The number of likely N-dealkylation sites (N-methyl/N-ethyl adjacent to an activating group) is 1. The minimum atomic E-state index is -0.295. The summed E-state index contributed by atoms with van der Waals surface area (Å²) in [5.41, 5.74) is 8.22. The third-order valence-corrected chi connectivity index (χ3v) is 4.55. The summed E-state index contributed by atoms with van der Waals surface area (Å²) in [6, 6.07) is 6.08. The van der Waals surface area contributed by atoms with Crippen molar-refractivity contribution in [2.45, 2.75) is 45.4 Å². The number of benzene rings is 1. The van der Waals surface area contributed by atoms with Crippen LogP contribution in [-0.2, 0) is 17.9 Å². The molecule has 0 radical (unpaired) electrons. The van der Waals surface area contributed by atoms with Gasteiger partial charge in [-0.2, -0.15) is 5.10 Å². The van der Waals surface area contributed by atoms with E-state index in [9.17, 15) is 9.18 Å². The molecule has 1 fully saturated rings. The van der Waals surface area contributed by atoms with Crippen molar-refractivity contribution >= 4 is 5.91 Å². The molecule has 0 aliphatic carbocycles. The first-order valence-electron chi connectivity index (χ1n) is 8.67.